The predicted octanol–water partition coefficient (Wildman–Crippen LogP) is 2.24. The second kappa shape index (κ2) is 7.02. The summed E-state index contributed by atoms with van der Waals surface area (Å²) in [6.45, 7) is 3.99. The number of hydrogen-bond donors (Lipinski definition) is 1. The summed E-state index contributed by atoms with van der Waals surface area (Å²) >= 11 is 0. The Morgan fingerprint density at radius 2 is 2.07 bits per heavy atom. The van der Waals surface area contributed by atoms with Gasteiger partial charge in [0.25, 0.3) is 5.91 Å². The Balaban J connectivity index is 1.65. The molecule has 0 aliphatic carbocycles. The molecule has 0 spiro atoms. The fourth-order valence-corrected chi connectivity index (χ4v) is 4.18. The minimum Gasteiger partial charge on any atom is -0.503 e. The number of fused-ring (bicyclic) bond motifs is 2. The van der Waals surface area contributed by atoms with Gasteiger partial charge in [0.2, 0.25) is 5.43 Å². The minimum atomic E-state index is -0.956. The van der Waals surface area contributed by atoms with E-state index in [1.165, 1.54) is 21.7 Å². The monoisotopic (exact) mass is 418 g/mol. The molecule has 30 heavy (non-hydrogen) atoms. The number of carbonyl (C=O) groups excluding carboxylic acids is 2. The molecule has 2 aliphatic rings. The molecule has 2 atom stereocenters. The van der Waals surface area contributed by atoms with Crippen LogP contribution in [0.25, 0.3) is 0 Å². The zero-order valence-electron chi connectivity index (χ0n) is 16.4. The number of rotatable bonds is 4. The molecule has 1 aromatic carbocycles. The first-order valence-corrected chi connectivity index (χ1v) is 9.53. The van der Waals surface area contributed by atoms with E-state index < -0.39 is 40.2 Å². The van der Waals surface area contributed by atoms with Gasteiger partial charge in [-0.2, -0.15) is 0 Å². The van der Waals surface area contributed by atoms with Gasteiger partial charge in [-0.25, -0.2) is 8.78 Å². The van der Waals surface area contributed by atoms with Crippen molar-refractivity contribution in [3.05, 3.63) is 63.1 Å². The third-order valence-electron chi connectivity index (χ3n) is 5.66. The number of pyridine rings is 1. The third-order valence-corrected chi connectivity index (χ3v) is 5.66. The van der Waals surface area contributed by atoms with Crippen molar-refractivity contribution in [2.45, 2.75) is 45.0 Å². The number of benzene rings is 1. The molecule has 1 fully saturated rings. The first-order valence-electron chi connectivity index (χ1n) is 9.53. The number of nitrogens with zero attached hydrogens (tertiary/aromatic N) is 2. The molecule has 158 valence electrons. The van der Waals surface area contributed by atoms with Gasteiger partial charge in [0, 0.05) is 18.7 Å². The summed E-state index contributed by atoms with van der Waals surface area (Å²) in [7, 11) is 0. The standard InChI is InChI=1S/C21H20F2N2O5/c1-11-9-30-21(2)10-24-8-14(18(27)19(28)17(24)20(29)25(11)21)16(26)6-4-12-3-5-13(22)7-15(12)23/h3,5,7-8,11,28H,4,6,9-10H2,1-2H3/t11-,21+/m0/s1. The highest BCUT2D eigenvalue weighted by molar-refractivity contribution is 6.00. The van der Waals surface area contributed by atoms with Gasteiger partial charge in [0.1, 0.15) is 11.6 Å². The van der Waals surface area contributed by atoms with Crippen molar-refractivity contribution in [1.29, 1.82) is 0 Å². The lowest BCUT2D eigenvalue weighted by atomic mass is 10.0. The summed E-state index contributed by atoms with van der Waals surface area (Å²) in [6, 6.07) is 2.82. The number of carbonyl (C=O) groups is 2. The number of hydrogen-bond acceptors (Lipinski definition) is 5. The summed E-state index contributed by atoms with van der Waals surface area (Å²) < 4.78 is 33.9. The molecule has 1 amide bonds. The lowest BCUT2D eigenvalue weighted by Crippen LogP contribution is -2.56. The Morgan fingerprint density at radius 3 is 2.77 bits per heavy atom. The molecule has 1 saturated heterocycles. The van der Waals surface area contributed by atoms with E-state index in [9.17, 15) is 28.3 Å². The van der Waals surface area contributed by atoms with E-state index in [2.05, 4.69) is 0 Å². The number of amides is 1. The first-order chi connectivity index (χ1) is 14.1. The van der Waals surface area contributed by atoms with Gasteiger partial charge in [0.05, 0.1) is 24.8 Å². The smallest absolute Gasteiger partial charge is 0.277 e. The maximum absolute atomic E-state index is 13.8. The molecular formula is C21H20F2N2O5. The third kappa shape index (κ3) is 3.09. The van der Waals surface area contributed by atoms with E-state index in [0.29, 0.717) is 6.61 Å². The zero-order valence-corrected chi connectivity index (χ0v) is 16.4. The van der Waals surface area contributed by atoms with Crippen LogP contribution in [0.5, 0.6) is 5.75 Å². The van der Waals surface area contributed by atoms with Crippen LogP contribution in [0, 0.1) is 11.6 Å². The van der Waals surface area contributed by atoms with E-state index in [1.54, 1.807) is 13.8 Å². The number of ether oxygens (including phenoxy) is 1. The summed E-state index contributed by atoms with van der Waals surface area (Å²) in [5.41, 5.74) is -2.25. The summed E-state index contributed by atoms with van der Waals surface area (Å²) in [4.78, 5) is 39.6. The van der Waals surface area contributed by atoms with Crippen LogP contribution in [-0.2, 0) is 17.7 Å². The number of ketones is 1. The zero-order chi connectivity index (χ0) is 21.8. The van der Waals surface area contributed by atoms with Crippen LogP contribution in [0.15, 0.2) is 29.2 Å². The maximum Gasteiger partial charge on any atom is 0.277 e. The van der Waals surface area contributed by atoms with Crippen LogP contribution < -0.4 is 5.43 Å². The molecule has 1 aromatic heterocycles. The Labute approximate surface area is 170 Å². The molecule has 4 rings (SSSR count). The van der Waals surface area contributed by atoms with Crippen molar-refractivity contribution < 1.29 is 28.2 Å². The summed E-state index contributed by atoms with van der Waals surface area (Å²) in [6.07, 6.45) is 0.979. The highest BCUT2D eigenvalue weighted by Gasteiger charge is 2.50. The van der Waals surface area contributed by atoms with Crippen molar-refractivity contribution in [3.8, 4) is 5.75 Å². The second-order valence-electron chi connectivity index (χ2n) is 7.87. The van der Waals surface area contributed by atoms with Crippen LogP contribution in [0.3, 0.4) is 0 Å². The fraction of sp³-hybridized carbons (Fsp3) is 0.381. The van der Waals surface area contributed by atoms with Crippen molar-refractivity contribution >= 4 is 11.7 Å². The number of halogens is 2. The molecule has 0 unspecified atom stereocenters. The van der Waals surface area contributed by atoms with Gasteiger partial charge in [0.15, 0.2) is 23.0 Å². The fourth-order valence-electron chi connectivity index (χ4n) is 4.18. The van der Waals surface area contributed by atoms with Crippen molar-refractivity contribution in [2.75, 3.05) is 6.61 Å². The number of Topliss-reactive ketones (excluding diaryl/α,β-unsaturated/α-hetero) is 1. The number of aromatic hydroxyl groups is 1. The van der Waals surface area contributed by atoms with Gasteiger partial charge < -0.3 is 19.3 Å². The average molecular weight is 418 g/mol. The van der Waals surface area contributed by atoms with Gasteiger partial charge in [-0.1, -0.05) is 6.07 Å². The molecular weight excluding hydrogens is 398 g/mol. The molecule has 0 radical (unpaired) electrons. The van der Waals surface area contributed by atoms with Crippen LogP contribution in [0.2, 0.25) is 0 Å². The second-order valence-corrected chi connectivity index (χ2v) is 7.87. The number of aromatic nitrogens is 1. The van der Waals surface area contributed by atoms with Gasteiger partial charge in [-0.15, -0.1) is 0 Å². The van der Waals surface area contributed by atoms with E-state index in [1.807, 2.05) is 0 Å². The molecule has 7 nitrogen and oxygen atoms in total. The largest absolute Gasteiger partial charge is 0.503 e. The Bertz CT molecular complexity index is 1130. The molecule has 2 aromatic rings. The lowest BCUT2D eigenvalue weighted by molar-refractivity contribution is -0.0752. The molecule has 0 saturated carbocycles. The van der Waals surface area contributed by atoms with E-state index in [0.717, 1.165) is 12.1 Å². The van der Waals surface area contributed by atoms with Gasteiger partial charge in [-0.05, 0) is 31.9 Å². The first kappa shape index (κ1) is 20.2. The van der Waals surface area contributed by atoms with Crippen LogP contribution >= 0.6 is 0 Å². The Hall–Kier alpha value is -3.07. The average Bonchev–Trinajstić information content (AvgIpc) is 2.98. The van der Waals surface area contributed by atoms with Crippen LogP contribution in [0.4, 0.5) is 8.78 Å². The normalized spacial score (nSPS) is 22.7. The van der Waals surface area contributed by atoms with E-state index in [4.69, 9.17) is 4.74 Å². The topological polar surface area (TPSA) is 88.8 Å². The minimum absolute atomic E-state index is 0.0437. The highest BCUT2D eigenvalue weighted by atomic mass is 19.1. The van der Waals surface area contributed by atoms with Crippen LogP contribution in [0.1, 0.15) is 46.7 Å². The lowest BCUT2D eigenvalue weighted by Gasteiger charge is -2.41. The van der Waals surface area contributed by atoms with E-state index in [-0.39, 0.29) is 42.2 Å². The Morgan fingerprint density at radius 1 is 1.33 bits per heavy atom. The van der Waals surface area contributed by atoms with Gasteiger partial charge >= 0.3 is 0 Å². The molecule has 0 bridgehead atoms. The summed E-state index contributed by atoms with van der Waals surface area (Å²) in [5, 5.41) is 10.4. The molecule has 2 aliphatic heterocycles. The quantitative estimate of drug-likeness (QED) is 0.770. The molecule has 3 heterocycles. The van der Waals surface area contributed by atoms with Gasteiger partial charge in [-0.3, -0.25) is 14.4 Å². The molecule has 1 N–H and O–H groups in total. The van der Waals surface area contributed by atoms with E-state index >= 15 is 0 Å². The molecule has 9 heteroatoms. The van der Waals surface area contributed by atoms with Crippen molar-refractivity contribution in [3.63, 3.8) is 0 Å². The van der Waals surface area contributed by atoms with Crippen molar-refractivity contribution in [2.24, 2.45) is 0 Å². The highest BCUT2D eigenvalue weighted by Crippen LogP contribution is 2.36. The maximum atomic E-state index is 13.8. The van der Waals surface area contributed by atoms with Crippen LogP contribution in [-0.4, -0.2) is 44.6 Å². The summed E-state index contributed by atoms with van der Waals surface area (Å²) in [5.74, 6) is -3.46. The number of aryl methyl sites for hydroxylation is 1. The Kier molecular flexibility index (Phi) is 4.73. The SMILES string of the molecule is C[C@H]1CO[C@]2(C)Cn3cc(C(=O)CCc4ccc(F)cc4F)c(=O)c(O)c3C(=O)N12. The predicted molar refractivity (Wildman–Crippen MR) is 101 cm³/mol. The van der Waals surface area contributed by atoms with Crippen molar-refractivity contribution in [1.82, 2.24) is 9.47 Å².